The minimum Gasteiger partial charge on any atom is -0.335 e. The zero-order chi connectivity index (χ0) is 24.6. The van der Waals surface area contributed by atoms with Crippen molar-refractivity contribution in [2.75, 3.05) is 39.1 Å². The van der Waals surface area contributed by atoms with E-state index in [0.717, 1.165) is 25.9 Å². The van der Waals surface area contributed by atoms with E-state index in [4.69, 9.17) is 0 Å². The van der Waals surface area contributed by atoms with Gasteiger partial charge in [0.05, 0.1) is 49.5 Å². The van der Waals surface area contributed by atoms with E-state index < -0.39 is 0 Å². The summed E-state index contributed by atoms with van der Waals surface area (Å²) in [7, 11) is 6.21. The van der Waals surface area contributed by atoms with Crippen LogP contribution in [0.15, 0.2) is 70.1 Å². The predicted molar refractivity (Wildman–Crippen MR) is 146 cm³/mol. The average Bonchev–Trinajstić information content (AvgIpc) is 3.41. The van der Waals surface area contributed by atoms with E-state index in [9.17, 15) is 4.79 Å². The molecule has 0 saturated heterocycles. The quantitative estimate of drug-likeness (QED) is 0.421. The molecule has 0 saturated carbocycles. The summed E-state index contributed by atoms with van der Waals surface area (Å²) in [5, 5.41) is 4.97. The molecule has 36 heavy (non-hydrogen) atoms. The number of hydrogen-bond acceptors (Lipinski definition) is 5. The third-order valence-electron chi connectivity index (χ3n) is 7.53. The molecule has 0 radical (unpaired) electrons. The summed E-state index contributed by atoms with van der Waals surface area (Å²) in [6, 6.07) is 17.8. The zero-order valence-corrected chi connectivity index (χ0v) is 22.5. The van der Waals surface area contributed by atoms with Crippen LogP contribution in [-0.2, 0) is 11.3 Å². The summed E-state index contributed by atoms with van der Waals surface area (Å²) in [4.78, 5) is 17.1. The molecule has 1 amide bonds. The zero-order valence-electron chi connectivity index (χ0n) is 20.9. The lowest BCUT2D eigenvalue weighted by Crippen LogP contribution is -2.62. The van der Waals surface area contributed by atoms with E-state index in [1.54, 1.807) is 0 Å². The molecule has 4 aliphatic rings. The highest BCUT2D eigenvalue weighted by Gasteiger charge is 2.47. The lowest BCUT2D eigenvalue weighted by atomic mass is 9.86. The summed E-state index contributed by atoms with van der Waals surface area (Å²) in [6.07, 6.45) is 4.45. The number of carbonyl (C=O) groups is 1. The number of hydrazine groups is 1. The van der Waals surface area contributed by atoms with Gasteiger partial charge in [-0.05, 0) is 30.7 Å². The highest BCUT2D eigenvalue weighted by molar-refractivity contribution is 8.03. The molecule has 3 aromatic rings. The number of anilines is 1. The summed E-state index contributed by atoms with van der Waals surface area (Å²) in [6.45, 7) is 2.39. The number of nitrogens with one attached hydrogen (secondary N) is 1. The van der Waals surface area contributed by atoms with Gasteiger partial charge in [0.25, 0.3) is 10.9 Å². The van der Waals surface area contributed by atoms with Crippen molar-refractivity contribution in [1.29, 1.82) is 0 Å². The Bertz CT molecular complexity index is 1470. The number of para-hydroxylation sites is 2. The van der Waals surface area contributed by atoms with E-state index in [-0.39, 0.29) is 18.0 Å². The Labute approximate surface area is 220 Å². The Hall–Kier alpha value is -2.65. The van der Waals surface area contributed by atoms with E-state index in [0.29, 0.717) is 11.0 Å². The number of carbonyl (C=O) groups excluding carboxylic acids is 1. The molecule has 1 aromatic heterocycles. The van der Waals surface area contributed by atoms with Crippen LogP contribution in [0.2, 0.25) is 0 Å². The lowest BCUT2D eigenvalue weighted by Gasteiger charge is -2.46. The second kappa shape index (κ2) is 8.18. The van der Waals surface area contributed by atoms with E-state index in [1.165, 1.54) is 42.0 Å². The van der Waals surface area contributed by atoms with Gasteiger partial charge in [-0.25, -0.2) is 5.01 Å². The van der Waals surface area contributed by atoms with Crippen LogP contribution in [0.5, 0.6) is 0 Å². The molecule has 2 unspecified atom stereocenters. The number of aryl methyl sites for hydroxylation is 1. The normalized spacial score (nSPS) is 23.0. The first-order valence-electron chi connectivity index (χ1n) is 12.7. The van der Waals surface area contributed by atoms with Crippen LogP contribution in [0.25, 0.3) is 15.8 Å². The van der Waals surface area contributed by atoms with Crippen LogP contribution in [0, 0.1) is 0 Å². The Morgan fingerprint density at radius 2 is 1.89 bits per heavy atom. The molecular formula is C28H31N5OS2+2. The molecule has 0 fully saturated rings. The van der Waals surface area contributed by atoms with Gasteiger partial charge in [-0.3, -0.25) is 10.2 Å². The second-order valence-corrected chi connectivity index (χ2v) is 13.2. The number of hydrogen-bond donors (Lipinski definition) is 1. The van der Waals surface area contributed by atoms with Crippen LogP contribution in [0.1, 0.15) is 17.8 Å². The van der Waals surface area contributed by atoms with Crippen molar-refractivity contribution in [3.05, 3.63) is 70.2 Å². The van der Waals surface area contributed by atoms with Crippen molar-refractivity contribution in [1.82, 2.24) is 10.4 Å². The number of fused-ring (bicyclic) bond motifs is 9. The van der Waals surface area contributed by atoms with Crippen molar-refractivity contribution < 1.29 is 13.8 Å². The third-order valence-corrected chi connectivity index (χ3v) is 9.96. The van der Waals surface area contributed by atoms with Crippen LogP contribution in [0.3, 0.4) is 0 Å². The fourth-order valence-electron chi connectivity index (χ4n) is 6.09. The van der Waals surface area contributed by atoms with Crippen LogP contribution in [-0.4, -0.2) is 61.7 Å². The number of benzene rings is 2. The van der Waals surface area contributed by atoms with E-state index >= 15 is 0 Å². The number of nitrogens with zero attached hydrogens (tertiary/aromatic N) is 4. The number of quaternary nitrogens is 1. The highest BCUT2D eigenvalue weighted by Crippen LogP contribution is 2.52. The molecule has 2 atom stereocenters. The van der Waals surface area contributed by atoms with Gasteiger partial charge in [0, 0.05) is 29.5 Å². The summed E-state index contributed by atoms with van der Waals surface area (Å²) < 4.78 is 4.42. The first kappa shape index (κ1) is 22.5. The van der Waals surface area contributed by atoms with Crippen molar-refractivity contribution in [3.63, 3.8) is 0 Å². The third kappa shape index (κ3) is 3.54. The molecule has 0 bridgehead atoms. The molecule has 184 valence electrons. The Morgan fingerprint density at radius 3 is 2.75 bits per heavy atom. The van der Waals surface area contributed by atoms with E-state index in [2.05, 4.69) is 95.7 Å². The SMILES string of the molecule is C[N+](C)(C)CC(=O)NN1C2CC[n+]3c(sc4ccccc43)C2=CC2=C3Sc4ccccc4N3CCC21. The maximum Gasteiger partial charge on any atom is 0.289 e. The van der Waals surface area contributed by atoms with Crippen molar-refractivity contribution in [2.24, 2.45) is 0 Å². The Balaban J connectivity index is 1.37. The van der Waals surface area contributed by atoms with Gasteiger partial charge in [0.1, 0.15) is 4.70 Å². The minimum absolute atomic E-state index is 0.0904. The fraction of sp³-hybridized carbons (Fsp3) is 0.357. The van der Waals surface area contributed by atoms with Crippen molar-refractivity contribution in [3.8, 4) is 0 Å². The first-order valence-corrected chi connectivity index (χ1v) is 14.3. The van der Waals surface area contributed by atoms with Crippen molar-refractivity contribution >= 4 is 50.5 Å². The maximum absolute atomic E-state index is 13.2. The van der Waals surface area contributed by atoms with Gasteiger partial charge in [0.2, 0.25) is 5.52 Å². The molecular weight excluding hydrogens is 486 g/mol. The maximum atomic E-state index is 13.2. The topological polar surface area (TPSA) is 39.5 Å². The largest absolute Gasteiger partial charge is 0.335 e. The monoisotopic (exact) mass is 517 g/mol. The molecule has 1 N–H and O–H groups in total. The molecule has 5 heterocycles. The predicted octanol–water partition coefficient (Wildman–Crippen LogP) is 3.99. The lowest BCUT2D eigenvalue weighted by molar-refractivity contribution is -0.862. The smallest absolute Gasteiger partial charge is 0.289 e. The summed E-state index contributed by atoms with van der Waals surface area (Å²) in [5.41, 5.74) is 8.71. The molecule has 6 nitrogen and oxygen atoms in total. The average molecular weight is 518 g/mol. The first-order chi connectivity index (χ1) is 17.4. The van der Waals surface area contributed by atoms with Gasteiger partial charge >= 0.3 is 0 Å². The van der Waals surface area contributed by atoms with Gasteiger partial charge in [0.15, 0.2) is 13.1 Å². The van der Waals surface area contributed by atoms with Gasteiger partial charge in [-0.15, -0.1) is 0 Å². The van der Waals surface area contributed by atoms with Crippen LogP contribution >= 0.6 is 23.1 Å². The van der Waals surface area contributed by atoms with E-state index in [1.807, 2.05) is 23.1 Å². The number of likely N-dealkylation sites (N-methyl/N-ethyl adjacent to an activating group) is 1. The summed E-state index contributed by atoms with van der Waals surface area (Å²) in [5.74, 6) is 0.0904. The highest BCUT2D eigenvalue weighted by atomic mass is 32.2. The number of rotatable bonds is 3. The molecule has 0 spiro atoms. The molecule has 2 aromatic carbocycles. The Kier molecular flexibility index (Phi) is 5.12. The molecule has 8 heteroatoms. The second-order valence-electron chi connectivity index (χ2n) is 11.1. The number of thiazole rings is 1. The van der Waals surface area contributed by atoms with Crippen LogP contribution in [0.4, 0.5) is 5.69 Å². The van der Waals surface area contributed by atoms with Gasteiger partial charge in [-0.1, -0.05) is 47.4 Å². The minimum atomic E-state index is 0.0904. The number of thioether (sulfide) groups is 1. The molecule has 7 rings (SSSR count). The number of amides is 1. The standard InChI is InChI=1S/C28H30N5OS2/c1-33(2,3)17-26(34)29-32-20-12-14-30-22-8-4-6-10-24(22)35-27(30)18(20)16-19-21(32)13-15-31-23-9-5-7-11-25(23)36-28(19)31/h4-11,16,20-21H,12-15,17H2,1-3H3/q+1/p+1. The Morgan fingerprint density at radius 1 is 1.08 bits per heavy atom. The molecule has 4 aliphatic heterocycles. The van der Waals surface area contributed by atoms with Gasteiger partial charge < -0.3 is 9.38 Å². The fourth-order valence-corrected chi connectivity index (χ4v) is 8.59. The van der Waals surface area contributed by atoms with Crippen molar-refractivity contribution in [2.45, 2.75) is 36.4 Å². The molecule has 0 aliphatic carbocycles. The summed E-state index contributed by atoms with van der Waals surface area (Å²) >= 11 is 3.76. The van der Waals surface area contributed by atoms with Gasteiger partial charge in [-0.2, -0.15) is 4.57 Å². The van der Waals surface area contributed by atoms with Crippen LogP contribution < -0.4 is 14.9 Å². The number of aromatic nitrogens is 1.